The van der Waals surface area contributed by atoms with Gasteiger partial charge in [0.1, 0.15) is 5.82 Å². The van der Waals surface area contributed by atoms with Crippen molar-refractivity contribution in [2.75, 3.05) is 33.5 Å². The van der Waals surface area contributed by atoms with Crippen molar-refractivity contribution in [3.8, 4) is 5.88 Å². The molecule has 1 aromatic heterocycles. The fourth-order valence-corrected chi connectivity index (χ4v) is 1.84. The van der Waals surface area contributed by atoms with Crippen molar-refractivity contribution in [1.82, 2.24) is 10.3 Å². The molecule has 0 radical (unpaired) electrons. The van der Waals surface area contributed by atoms with Crippen LogP contribution in [0.15, 0.2) is 12.3 Å². The van der Waals surface area contributed by atoms with Crippen molar-refractivity contribution in [2.45, 2.75) is 31.8 Å². The normalized spacial score (nSPS) is 14.4. The highest BCUT2D eigenvalue weighted by molar-refractivity contribution is 5.26. The van der Waals surface area contributed by atoms with Gasteiger partial charge >= 0.3 is 0 Å². The first-order chi connectivity index (χ1) is 10.3. The van der Waals surface area contributed by atoms with Gasteiger partial charge in [-0.05, 0) is 18.9 Å². The molecule has 5 nitrogen and oxygen atoms in total. The van der Waals surface area contributed by atoms with Gasteiger partial charge in [0.25, 0.3) is 0 Å². The second kappa shape index (κ2) is 8.92. The lowest BCUT2D eigenvalue weighted by Gasteiger charge is -2.11. The fraction of sp³-hybridized carbons (Fsp3) is 0.667. The first-order valence-electron chi connectivity index (χ1n) is 7.37. The van der Waals surface area contributed by atoms with Gasteiger partial charge in [0.05, 0.1) is 26.0 Å². The number of halogens is 1. The summed E-state index contributed by atoms with van der Waals surface area (Å²) in [5, 5.41) is 3.34. The van der Waals surface area contributed by atoms with E-state index in [-0.39, 0.29) is 5.82 Å². The van der Waals surface area contributed by atoms with Crippen LogP contribution < -0.4 is 10.1 Å². The summed E-state index contributed by atoms with van der Waals surface area (Å²) in [7, 11) is 1.64. The van der Waals surface area contributed by atoms with Crippen LogP contribution in [0.3, 0.4) is 0 Å². The van der Waals surface area contributed by atoms with Crippen LogP contribution in [0.4, 0.5) is 4.39 Å². The molecule has 0 atom stereocenters. The predicted octanol–water partition coefficient (Wildman–Crippen LogP) is 1.90. The summed E-state index contributed by atoms with van der Waals surface area (Å²) in [5.41, 5.74) is 0.766. The Labute approximate surface area is 124 Å². The van der Waals surface area contributed by atoms with Crippen LogP contribution in [0.1, 0.15) is 24.8 Å². The van der Waals surface area contributed by atoms with Crippen LogP contribution in [-0.4, -0.2) is 44.6 Å². The molecule has 1 aliphatic rings. The van der Waals surface area contributed by atoms with Crippen LogP contribution in [0.2, 0.25) is 0 Å². The number of pyridine rings is 1. The molecular weight excluding hydrogens is 275 g/mol. The van der Waals surface area contributed by atoms with Crippen molar-refractivity contribution in [3.05, 3.63) is 23.6 Å². The third-order valence-electron chi connectivity index (χ3n) is 3.15. The maximum absolute atomic E-state index is 13.3. The highest BCUT2D eigenvalue weighted by atomic mass is 19.1. The molecule has 118 valence electrons. The van der Waals surface area contributed by atoms with Crippen molar-refractivity contribution in [3.63, 3.8) is 0 Å². The van der Waals surface area contributed by atoms with Gasteiger partial charge in [-0.15, -0.1) is 0 Å². The zero-order valence-corrected chi connectivity index (χ0v) is 12.4. The smallest absolute Gasteiger partial charge is 0.218 e. The van der Waals surface area contributed by atoms with E-state index in [4.69, 9.17) is 14.2 Å². The first kappa shape index (κ1) is 16.1. The lowest BCUT2D eigenvalue weighted by molar-refractivity contribution is 0.0641. The van der Waals surface area contributed by atoms with E-state index < -0.39 is 0 Å². The minimum atomic E-state index is -0.335. The van der Waals surface area contributed by atoms with E-state index >= 15 is 0 Å². The van der Waals surface area contributed by atoms with E-state index in [9.17, 15) is 4.39 Å². The molecule has 0 amide bonds. The van der Waals surface area contributed by atoms with Gasteiger partial charge in [-0.25, -0.2) is 9.37 Å². The Morgan fingerprint density at radius 1 is 1.29 bits per heavy atom. The SMILES string of the molecule is COCCOCCCOc1ncc(F)cc1CNC1CC1. The Balaban J connectivity index is 1.70. The lowest BCUT2D eigenvalue weighted by atomic mass is 10.2. The lowest BCUT2D eigenvalue weighted by Crippen LogP contribution is -2.17. The third-order valence-corrected chi connectivity index (χ3v) is 3.15. The number of ether oxygens (including phenoxy) is 3. The molecule has 0 saturated heterocycles. The molecule has 1 fully saturated rings. The summed E-state index contributed by atoms with van der Waals surface area (Å²) in [5.74, 6) is 0.166. The van der Waals surface area contributed by atoms with E-state index in [1.54, 1.807) is 7.11 Å². The largest absolute Gasteiger partial charge is 0.477 e. The first-order valence-corrected chi connectivity index (χ1v) is 7.37. The average Bonchev–Trinajstić information content (AvgIpc) is 3.30. The fourth-order valence-electron chi connectivity index (χ4n) is 1.84. The van der Waals surface area contributed by atoms with E-state index in [1.807, 2.05) is 0 Å². The van der Waals surface area contributed by atoms with Crippen LogP contribution in [0.25, 0.3) is 0 Å². The molecule has 21 heavy (non-hydrogen) atoms. The van der Waals surface area contributed by atoms with Crippen molar-refractivity contribution in [1.29, 1.82) is 0 Å². The van der Waals surface area contributed by atoms with E-state index in [2.05, 4.69) is 10.3 Å². The Morgan fingerprint density at radius 2 is 2.14 bits per heavy atom. The number of nitrogens with one attached hydrogen (secondary N) is 1. The van der Waals surface area contributed by atoms with Crippen LogP contribution in [-0.2, 0) is 16.0 Å². The molecule has 1 aliphatic carbocycles. The Bertz CT molecular complexity index is 427. The Hall–Kier alpha value is -1.24. The number of aromatic nitrogens is 1. The third kappa shape index (κ3) is 6.37. The number of hydrogen-bond donors (Lipinski definition) is 1. The predicted molar refractivity (Wildman–Crippen MR) is 76.9 cm³/mol. The van der Waals surface area contributed by atoms with Gasteiger partial charge < -0.3 is 19.5 Å². The molecule has 1 N–H and O–H groups in total. The topological polar surface area (TPSA) is 52.6 Å². The van der Waals surface area contributed by atoms with Crippen LogP contribution in [0.5, 0.6) is 5.88 Å². The monoisotopic (exact) mass is 298 g/mol. The molecule has 0 bridgehead atoms. The maximum Gasteiger partial charge on any atom is 0.218 e. The minimum absolute atomic E-state index is 0.335. The maximum atomic E-state index is 13.3. The minimum Gasteiger partial charge on any atom is -0.477 e. The number of hydrogen-bond acceptors (Lipinski definition) is 5. The second-order valence-electron chi connectivity index (χ2n) is 5.08. The summed E-state index contributed by atoms with van der Waals surface area (Å²) in [6, 6.07) is 2.04. The molecule has 1 heterocycles. The quantitative estimate of drug-likeness (QED) is 0.632. The zero-order valence-electron chi connectivity index (χ0n) is 12.4. The summed E-state index contributed by atoms with van der Waals surface area (Å²) in [6.45, 7) is 2.89. The molecule has 0 aliphatic heterocycles. The van der Waals surface area contributed by atoms with Gasteiger partial charge in [0, 0.05) is 38.3 Å². The van der Waals surface area contributed by atoms with Crippen LogP contribution in [0, 0.1) is 5.82 Å². The van der Waals surface area contributed by atoms with Crippen molar-refractivity contribution >= 4 is 0 Å². The number of rotatable bonds is 11. The van der Waals surface area contributed by atoms with Gasteiger partial charge in [-0.2, -0.15) is 0 Å². The van der Waals surface area contributed by atoms with Crippen molar-refractivity contribution < 1.29 is 18.6 Å². The number of nitrogens with zero attached hydrogens (tertiary/aromatic N) is 1. The zero-order chi connectivity index (χ0) is 14.9. The van der Waals surface area contributed by atoms with Gasteiger partial charge in [0.15, 0.2) is 0 Å². The van der Waals surface area contributed by atoms with Crippen LogP contribution >= 0.6 is 0 Å². The van der Waals surface area contributed by atoms with Gasteiger partial charge in [-0.1, -0.05) is 0 Å². The van der Waals surface area contributed by atoms with Gasteiger partial charge in [0.2, 0.25) is 5.88 Å². The van der Waals surface area contributed by atoms with E-state index in [0.29, 0.717) is 44.9 Å². The summed E-state index contributed by atoms with van der Waals surface area (Å²) in [6.07, 6.45) is 4.33. The molecule has 6 heteroatoms. The van der Waals surface area contributed by atoms with Gasteiger partial charge in [-0.3, -0.25) is 0 Å². The molecule has 0 aromatic carbocycles. The molecular formula is C15H23FN2O3. The van der Waals surface area contributed by atoms with Crippen molar-refractivity contribution in [2.24, 2.45) is 0 Å². The highest BCUT2D eigenvalue weighted by Crippen LogP contribution is 2.22. The average molecular weight is 298 g/mol. The second-order valence-corrected chi connectivity index (χ2v) is 5.08. The molecule has 0 spiro atoms. The Morgan fingerprint density at radius 3 is 2.90 bits per heavy atom. The highest BCUT2D eigenvalue weighted by Gasteiger charge is 2.21. The molecule has 1 aromatic rings. The van der Waals surface area contributed by atoms with E-state index in [1.165, 1.54) is 25.1 Å². The molecule has 1 saturated carbocycles. The van der Waals surface area contributed by atoms with E-state index in [0.717, 1.165) is 12.0 Å². The summed E-state index contributed by atoms with van der Waals surface area (Å²) < 4.78 is 29.1. The summed E-state index contributed by atoms with van der Waals surface area (Å²) >= 11 is 0. The molecule has 0 unspecified atom stereocenters. The Kier molecular flexibility index (Phi) is 6.85. The standard InChI is InChI=1S/C15H23FN2O3/c1-19-7-8-20-5-2-6-21-15-12(9-13(16)11-18-15)10-17-14-3-4-14/h9,11,14,17H,2-8,10H2,1H3. The number of methoxy groups -OCH3 is 1. The summed E-state index contributed by atoms with van der Waals surface area (Å²) in [4.78, 5) is 4.03. The molecule has 2 rings (SSSR count).